The molecule has 2 heterocycles. The van der Waals surface area contributed by atoms with Crippen LogP contribution in [0.25, 0.3) is 82.1 Å². The van der Waals surface area contributed by atoms with Gasteiger partial charge in [-0.15, -0.1) is 0 Å². The third-order valence-electron chi connectivity index (χ3n) is 9.61. The molecule has 0 fully saturated rings. The lowest BCUT2D eigenvalue weighted by molar-refractivity contribution is 1.18. The second-order valence-corrected chi connectivity index (χ2v) is 12.3. The summed E-state index contributed by atoms with van der Waals surface area (Å²) in [5.74, 6) is 0. The summed E-state index contributed by atoms with van der Waals surface area (Å²) >= 11 is 0. The number of rotatable bonds is 4. The van der Waals surface area contributed by atoms with Crippen molar-refractivity contribution >= 4 is 49.3 Å². The van der Waals surface area contributed by atoms with E-state index in [1.54, 1.807) is 0 Å². The number of hydrogen-bond acceptors (Lipinski definition) is 2. The molecule has 0 aliphatic heterocycles. The van der Waals surface area contributed by atoms with Crippen LogP contribution in [-0.4, -0.2) is 9.13 Å². The van der Waals surface area contributed by atoms with Crippen LogP contribution in [0.3, 0.4) is 0 Å². The van der Waals surface area contributed by atoms with Crippen molar-refractivity contribution in [2.45, 2.75) is 0 Å². The Bertz CT molecular complexity index is 2920. The van der Waals surface area contributed by atoms with Crippen LogP contribution in [0.15, 0.2) is 152 Å². The highest BCUT2D eigenvalue weighted by Gasteiger charge is 2.20. The van der Waals surface area contributed by atoms with Crippen molar-refractivity contribution in [3.63, 3.8) is 0 Å². The van der Waals surface area contributed by atoms with E-state index in [4.69, 9.17) is 6.57 Å². The average molecular weight is 636 g/mol. The van der Waals surface area contributed by atoms with Gasteiger partial charge < -0.3 is 9.13 Å². The van der Waals surface area contributed by atoms with Crippen LogP contribution >= 0.6 is 0 Å². The van der Waals surface area contributed by atoms with Crippen molar-refractivity contribution in [2.24, 2.45) is 0 Å². The normalized spacial score (nSPS) is 11.1. The highest BCUT2D eigenvalue weighted by molar-refractivity contribution is 6.11. The predicted molar refractivity (Wildman–Crippen MR) is 202 cm³/mol. The van der Waals surface area contributed by atoms with Crippen molar-refractivity contribution in [1.29, 1.82) is 10.5 Å². The average Bonchev–Trinajstić information content (AvgIpc) is 3.69. The lowest BCUT2D eigenvalue weighted by Gasteiger charge is -2.17. The van der Waals surface area contributed by atoms with Crippen molar-refractivity contribution in [3.8, 4) is 45.8 Å². The second kappa shape index (κ2) is 11.4. The molecule has 5 nitrogen and oxygen atoms in total. The summed E-state index contributed by atoms with van der Waals surface area (Å²) in [7, 11) is 0. The number of hydrogen-bond donors (Lipinski definition) is 0. The molecule has 0 N–H and O–H groups in total. The molecule has 0 aliphatic rings. The number of fused-ring (bicyclic) bond motifs is 6. The number of aromatic nitrogens is 2. The topological polar surface area (TPSA) is 61.8 Å². The molecule has 0 amide bonds. The fourth-order valence-electron chi connectivity index (χ4n) is 7.46. The summed E-state index contributed by atoms with van der Waals surface area (Å²) < 4.78 is 4.43. The molecule has 0 unspecified atom stereocenters. The lowest BCUT2D eigenvalue weighted by Crippen LogP contribution is -1.99. The molecule has 0 radical (unpaired) electrons. The van der Waals surface area contributed by atoms with Crippen molar-refractivity contribution in [2.75, 3.05) is 0 Å². The molecule has 230 valence electrons. The van der Waals surface area contributed by atoms with E-state index in [2.05, 4.69) is 98.9 Å². The summed E-state index contributed by atoms with van der Waals surface area (Å²) in [5, 5.41) is 24.8. The first-order chi connectivity index (χ1) is 24.7. The minimum atomic E-state index is 0.530. The highest BCUT2D eigenvalue weighted by atomic mass is 15.0. The van der Waals surface area contributed by atoms with E-state index in [0.29, 0.717) is 16.8 Å². The Labute approximate surface area is 288 Å². The first-order valence-corrected chi connectivity index (χ1v) is 16.3. The largest absolute Gasteiger partial charge is 0.310 e. The minimum Gasteiger partial charge on any atom is -0.310 e. The first-order valence-electron chi connectivity index (χ1n) is 16.3. The van der Waals surface area contributed by atoms with Gasteiger partial charge >= 0.3 is 0 Å². The molecule has 50 heavy (non-hydrogen) atoms. The molecule has 0 spiro atoms. The van der Waals surface area contributed by atoms with E-state index in [0.717, 1.165) is 66.5 Å². The number of para-hydroxylation sites is 3. The van der Waals surface area contributed by atoms with Gasteiger partial charge in [0, 0.05) is 49.4 Å². The van der Waals surface area contributed by atoms with E-state index < -0.39 is 0 Å². The molecule has 5 heteroatoms. The number of nitriles is 2. The van der Waals surface area contributed by atoms with Crippen molar-refractivity contribution in [1.82, 2.24) is 9.13 Å². The maximum absolute atomic E-state index is 10.8. The fourth-order valence-corrected chi connectivity index (χ4v) is 7.46. The molecule has 9 rings (SSSR count). The summed E-state index contributed by atoms with van der Waals surface area (Å²) in [4.78, 5) is 3.71. The van der Waals surface area contributed by atoms with Gasteiger partial charge in [0.05, 0.1) is 46.0 Å². The molecule has 7 aromatic carbocycles. The third kappa shape index (κ3) is 4.31. The number of nitrogens with zero attached hydrogens (tertiary/aromatic N) is 5. The molecule has 0 atom stereocenters. The lowest BCUT2D eigenvalue weighted by atomic mass is 9.91. The molecular weight excluding hydrogens is 611 g/mol. The molecule has 0 saturated carbocycles. The summed E-state index contributed by atoms with van der Waals surface area (Å²) in [6.45, 7) is 7.70. The Morgan fingerprint density at radius 1 is 0.480 bits per heavy atom. The van der Waals surface area contributed by atoms with Gasteiger partial charge in [0.25, 0.3) is 0 Å². The minimum absolute atomic E-state index is 0.530. The maximum atomic E-state index is 10.8. The second-order valence-electron chi connectivity index (χ2n) is 12.3. The van der Waals surface area contributed by atoms with Gasteiger partial charge in [-0.3, -0.25) is 0 Å². The van der Waals surface area contributed by atoms with Crippen LogP contribution < -0.4 is 0 Å². The van der Waals surface area contributed by atoms with E-state index in [1.807, 2.05) is 78.9 Å². The standard InChI is InChI=1S/C45H25N5/c1-48-31-21-22-38-39-24-29(27-46)20-23-44(39)50(45(38)26-31)43-19-7-2-12-35(43)34-16-9-15-33(40(34)28-47)30-10-8-11-32(25-30)49-41-17-5-3-13-36(41)37-14-4-6-18-42(37)49/h2-26H. The molecule has 0 saturated heterocycles. The Hall–Kier alpha value is -7.39. The summed E-state index contributed by atoms with van der Waals surface area (Å²) in [5.41, 5.74) is 11.1. The fraction of sp³-hybridized carbons (Fsp3) is 0. The third-order valence-corrected chi connectivity index (χ3v) is 9.61. The Kier molecular flexibility index (Phi) is 6.56. The molecular formula is C45H25N5. The van der Waals surface area contributed by atoms with Gasteiger partial charge in [0.1, 0.15) is 6.07 Å². The van der Waals surface area contributed by atoms with Gasteiger partial charge in [0.2, 0.25) is 0 Å². The smallest absolute Gasteiger partial charge is 0.189 e. The van der Waals surface area contributed by atoms with Crippen molar-refractivity contribution < 1.29 is 0 Å². The molecule has 0 bridgehead atoms. The Morgan fingerprint density at radius 2 is 1.14 bits per heavy atom. The van der Waals surface area contributed by atoms with Crippen LogP contribution in [0.5, 0.6) is 0 Å². The quantitative estimate of drug-likeness (QED) is 0.181. The summed E-state index contributed by atoms with van der Waals surface area (Å²) in [6, 6.07) is 55.6. The predicted octanol–water partition coefficient (Wildman–Crippen LogP) is 11.5. The van der Waals surface area contributed by atoms with Crippen molar-refractivity contribution in [3.05, 3.63) is 174 Å². The van der Waals surface area contributed by atoms with E-state index in [1.165, 1.54) is 10.8 Å². The monoisotopic (exact) mass is 635 g/mol. The van der Waals surface area contributed by atoms with Crippen LogP contribution in [0.4, 0.5) is 5.69 Å². The van der Waals surface area contributed by atoms with Gasteiger partial charge in [-0.25, -0.2) is 4.85 Å². The zero-order valence-electron chi connectivity index (χ0n) is 26.7. The number of benzene rings is 7. The zero-order chi connectivity index (χ0) is 33.8. The van der Waals surface area contributed by atoms with Gasteiger partial charge in [-0.05, 0) is 60.2 Å². The van der Waals surface area contributed by atoms with Crippen LogP contribution in [0.1, 0.15) is 11.1 Å². The Morgan fingerprint density at radius 3 is 1.90 bits per heavy atom. The van der Waals surface area contributed by atoms with Crippen LogP contribution in [0.2, 0.25) is 0 Å². The molecule has 2 aromatic heterocycles. The van der Waals surface area contributed by atoms with Crippen LogP contribution in [0, 0.1) is 29.2 Å². The molecule has 9 aromatic rings. The van der Waals surface area contributed by atoms with E-state index in [9.17, 15) is 10.5 Å². The SMILES string of the molecule is [C-]#[N+]c1ccc2c3cc(C#N)ccc3n(-c3ccccc3-c3cccc(-c4cccc(-n5c6ccccc6c6ccccc65)c4)c3C#N)c2c1. The Balaban J connectivity index is 1.26. The maximum Gasteiger partial charge on any atom is 0.189 e. The van der Waals surface area contributed by atoms with Crippen LogP contribution in [-0.2, 0) is 0 Å². The van der Waals surface area contributed by atoms with E-state index >= 15 is 0 Å². The van der Waals surface area contributed by atoms with E-state index in [-0.39, 0.29) is 0 Å². The first kappa shape index (κ1) is 28.8. The van der Waals surface area contributed by atoms with Gasteiger partial charge in [0.15, 0.2) is 5.69 Å². The highest BCUT2D eigenvalue weighted by Crippen LogP contribution is 2.41. The molecule has 0 aliphatic carbocycles. The van der Waals surface area contributed by atoms with Gasteiger partial charge in [-0.2, -0.15) is 10.5 Å². The van der Waals surface area contributed by atoms with Gasteiger partial charge in [-0.1, -0.05) is 97.1 Å². The summed E-state index contributed by atoms with van der Waals surface area (Å²) in [6.07, 6.45) is 0. The zero-order valence-corrected chi connectivity index (χ0v) is 26.7.